The van der Waals surface area contributed by atoms with E-state index >= 15 is 0 Å². The van der Waals surface area contributed by atoms with Gasteiger partial charge in [-0.2, -0.15) is 0 Å². The highest BCUT2D eigenvalue weighted by Crippen LogP contribution is 2.32. The molecule has 2 aromatic rings. The van der Waals surface area contributed by atoms with Crippen molar-refractivity contribution in [2.75, 3.05) is 13.1 Å². The Kier molecular flexibility index (Phi) is 6.12. The molecule has 2 aromatic carbocycles. The van der Waals surface area contributed by atoms with Crippen LogP contribution >= 0.6 is 0 Å². The molecule has 0 bridgehead atoms. The molecule has 1 heterocycles. The SMILES string of the molecule is CC(=O)N1C[C@H](C(=O)N[C@@H](C)c2ccccc2)C[C@@H](c2ccc(F)c(C)c2)C1. The quantitative estimate of drug-likeness (QED) is 0.870. The van der Waals surface area contributed by atoms with Crippen LogP contribution in [0.2, 0.25) is 0 Å². The normalized spacial score (nSPS) is 20.5. The molecule has 0 radical (unpaired) electrons. The lowest BCUT2D eigenvalue weighted by Gasteiger charge is -2.37. The van der Waals surface area contributed by atoms with Gasteiger partial charge in [-0.1, -0.05) is 42.5 Å². The third kappa shape index (κ3) is 4.58. The molecule has 3 atom stereocenters. The van der Waals surface area contributed by atoms with Crippen LogP contribution in [0.3, 0.4) is 0 Å². The van der Waals surface area contributed by atoms with Gasteiger partial charge in [0.1, 0.15) is 5.82 Å². The van der Waals surface area contributed by atoms with Gasteiger partial charge in [0.25, 0.3) is 0 Å². The average Bonchev–Trinajstić information content (AvgIpc) is 2.70. The van der Waals surface area contributed by atoms with Crippen LogP contribution in [-0.4, -0.2) is 29.8 Å². The van der Waals surface area contributed by atoms with Gasteiger partial charge in [-0.3, -0.25) is 9.59 Å². The summed E-state index contributed by atoms with van der Waals surface area (Å²) in [5.41, 5.74) is 2.59. The number of likely N-dealkylation sites (tertiary alicyclic amines) is 1. The van der Waals surface area contributed by atoms with Crippen molar-refractivity contribution in [3.8, 4) is 0 Å². The maximum atomic E-state index is 13.7. The first kappa shape index (κ1) is 20.1. The summed E-state index contributed by atoms with van der Waals surface area (Å²) in [7, 11) is 0. The molecule has 1 N–H and O–H groups in total. The van der Waals surface area contributed by atoms with E-state index in [4.69, 9.17) is 0 Å². The third-order valence-electron chi connectivity index (χ3n) is 5.58. The summed E-state index contributed by atoms with van der Waals surface area (Å²) in [5, 5.41) is 3.08. The summed E-state index contributed by atoms with van der Waals surface area (Å²) in [5.74, 6) is -0.614. The molecule has 0 spiro atoms. The monoisotopic (exact) mass is 382 g/mol. The van der Waals surface area contributed by atoms with Crippen LogP contribution in [-0.2, 0) is 9.59 Å². The van der Waals surface area contributed by atoms with E-state index < -0.39 is 0 Å². The smallest absolute Gasteiger partial charge is 0.225 e. The van der Waals surface area contributed by atoms with Crippen molar-refractivity contribution in [3.63, 3.8) is 0 Å². The van der Waals surface area contributed by atoms with E-state index in [0.29, 0.717) is 25.1 Å². The molecule has 5 heteroatoms. The predicted octanol–water partition coefficient (Wildman–Crippen LogP) is 3.96. The van der Waals surface area contributed by atoms with E-state index in [-0.39, 0.29) is 35.5 Å². The highest BCUT2D eigenvalue weighted by molar-refractivity contribution is 5.81. The van der Waals surface area contributed by atoms with Crippen molar-refractivity contribution in [3.05, 3.63) is 71.0 Å². The molecule has 4 nitrogen and oxygen atoms in total. The molecule has 3 rings (SSSR count). The lowest BCUT2D eigenvalue weighted by atomic mass is 9.83. The van der Waals surface area contributed by atoms with Crippen LogP contribution in [0, 0.1) is 18.7 Å². The Morgan fingerprint density at radius 3 is 2.50 bits per heavy atom. The average molecular weight is 382 g/mol. The van der Waals surface area contributed by atoms with Crippen molar-refractivity contribution < 1.29 is 14.0 Å². The summed E-state index contributed by atoms with van der Waals surface area (Å²) >= 11 is 0. The van der Waals surface area contributed by atoms with Crippen molar-refractivity contribution in [1.82, 2.24) is 10.2 Å². The zero-order chi connectivity index (χ0) is 20.3. The fourth-order valence-corrected chi connectivity index (χ4v) is 3.87. The van der Waals surface area contributed by atoms with Gasteiger partial charge in [0.15, 0.2) is 0 Å². The van der Waals surface area contributed by atoms with Gasteiger partial charge >= 0.3 is 0 Å². The number of aryl methyl sites for hydroxylation is 1. The van der Waals surface area contributed by atoms with Crippen LogP contribution in [0.1, 0.15) is 48.9 Å². The molecule has 0 saturated carbocycles. The van der Waals surface area contributed by atoms with E-state index in [2.05, 4.69) is 5.32 Å². The summed E-state index contributed by atoms with van der Waals surface area (Å²) in [6.07, 6.45) is 0.641. The van der Waals surface area contributed by atoms with Crippen LogP contribution < -0.4 is 5.32 Å². The van der Waals surface area contributed by atoms with Crippen LogP contribution in [0.15, 0.2) is 48.5 Å². The number of amides is 2. The summed E-state index contributed by atoms with van der Waals surface area (Å²) in [6, 6.07) is 14.8. The Balaban J connectivity index is 1.76. The highest BCUT2D eigenvalue weighted by atomic mass is 19.1. The van der Waals surface area contributed by atoms with Gasteiger partial charge in [-0.25, -0.2) is 4.39 Å². The minimum Gasteiger partial charge on any atom is -0.349 e. The van der Waals surface area contributed by atoms with Crippen molar-refractivity contribution in [2.45, 2.75) is 39.2 Å². The number of hydrogen-bond donors (Lipinski definition) is 1. The number of hydrogen-bond acceptors (Lipinski definition) is 2. The number of nitrogens with one attached hydrogen (secondary N) is 1. The Morgan fingerprint density at radius 2 is 1.86 bits per heavy atom. The van der Waals surface area contributed by atoms with Gasteiger partial charge in [0.2, 0.25) is 11.8 Å². The molecule has 28 heavy (non-hydrogen) atoms. The van der Waals surface area contributed by atoms with E-state index in [1.54, 1.807) is 17.9 Å². The zero-order valence-electron chi connectivity index (χ0n) is 16.6. The van der Waals surface area contributed by atoms with Gasteiger partial charge in [0, 0.05) is 25.9 Å². The standard InChI is InChI=1S/C23H27FN2O2/c1-15-11-19(9-10-22(15)24)20-12-21(14-26(13-20)17(3)27)23(28)25-16(2)18-7-5-4-6-8-18/h4-11,16,20-21H,12-14H2,1-3H3,(H,25,28)/t16-,20+,21+/m0/s1. The number of nitrogens with zero attached hydrogens (tertiary/aromatic N) is 1. The van der Waals surface area contributed by atoms with E-state index in [1.807, 2.05) is 43.3 Å². The van der Waals surface area contributed by atoms with Gasteiger partial charge < -0.3 is 10.2 Å². The van der Waals surface area contributed by atoms with E-state index in [1.165, 1.54) is 13.0 Å². The Hall–Kier alpha value is -2.69. The molecule has 1 saturated heterocycles. The fourth-order valence-electron chi connectivity index (χ4n) is 3.87. The van der Waals surface area contributed by atoms with E-state index in [9.17, 15) is 14.0 Å². The van der Waals surface area contributed by atoms with E-state index in [0.717, 1.165) is 11.1 Å². The molecule has 0 unspecified atom stereocenters. The number of piperidine rings is 1. The number of carbonyl (C=O) groups is 2. The molecular weight excluding hydrogens is 355 g/mol. The highest BCUT2D eigenvalue weighted by Gasteiger charge is 2.34. The third-order valence-corrected chi connectivity index (χ3v) is 5.58. The minimum absolute atomic E-state index is 0.0136. The van der Waals surface area contributed by atoms with Gasteiger partial charge in [-0.15, -0.1) is 0 Å². The van der Waals surface area contributed by atoms with Crippen molar-refractivity contribution >= 4 is 11.8 Å². The molecule has 0 aromatic heterocycles. The van der Waals surface area contributed by atoms with Gasteiger partial charge in [0.05, 0.1) is 12.0 Å². The molecule has 1 aliphatic rings. The van der Waals surface area contributed by atoms with Crippen LogP contribution in [0.25, 0.3) is 0 Å². The summed E-state index contributed by atoms with van der Waals surface area (Å²) in [6.45, 7) is 6.19. The second-order valence-electron chi connectivity index (χ2n) is 7.70. The van der Waals surface area contributed by atoms with Crippen molar-refractivity contribution in [1.29, 1.82) is 0 Å². The molecule has 1 aliphatic heterocycles. The summed E-state index contributed by atoms with van der Waals surface area (Å²) in [4.78, 5) is 26.7. The summed E-state index contributed by atoms with van der Waals surface area (Å²) < 4.78 is 13.7. The largest absolute Gasteiger partial charge is 0.349 e. The lowest BCUT2D eigenvalue weighted by Crippen LogP contribution is -2.47. The second-order valence-corrected chi connectivity index (χ2v) is 7.70. The first-order valence-electron chi connectivity index (χ1n) is 9.72. The maximum absolute atomic E-state index is 13.7. The Morgan fingerprint density at radius 1 is 1.14 bits per heavy atom. The van der Waals surface area contributed by atoms with Crippen LogP contribution in [0.4, 0.5) is 4.39 Å². The molecule has 2 amide bonds. The maximum Gasteiger partial charge on any atom is 0.225 e. The zero-order valence-corrected chi connectivity index (χ0v) is 16.6. The minimum atomic E-state index is -0.292. The predicted molar refractivity (Wildman–Crippen MR) is 107 cm³/mol. The molecular formula is C23H27FN2O2. The fraction of sp³-hybridized carbons (Fsp3) is 0.391. The Labute approximate surface area is 165 Å². The molecule has 0 aliphatic carbocycles. The first-order valence-corrected chi connectivity index (χ1v) is 9.72. The number of carbonyl (C=O) groups excluding carboxylic acids is 2. The number of rotatable bonds is 4. The first-order chi connectivity index (χ1) is 13.3. The van der Waals surface area contributed by atoms with Gasteiger partial charge in [-0.05, 0) is 43.0 Å². The second kappa shape index (κ2) is 8.55. The lowest BCUT2D eigenvalue weighted by molar-refractivity contribution is -0.134. The topological polar surface area (TPSA) is 49.4 Å². The van der Waals surface area contributed by atoms with Crippen molar-refractivity contribution in [2.24, 2.45) is 5.92 Å². The Bertz CT molecular complexity index is 853. The number of benzene rings is 2. The molecule has 1 fully saturated rings. The molecule has 148 valence electrons. The number of halogens is 1. The van der Waals surface area contributed by atoms with Crippen LogP contribution in [0.5, 0.6) is 0 Å².